The van der Waals surface area contributed by atoms with Crippen molar-refractivity contribution in [2.24, 2.45) is 11.0 Å². The molecule has 0 fully saturated rings. The highest BCUT2D eigenvalue weighted by Crippen LogP contribution is 2.19. The van der Waals surface area contributed by atoms with Crippen molar-refractivity contribution in [3.05, 3.63) is 77.0 Å². The molecule has 3 rings (SSSR count). The Bertz CT molecular complexity index is 922. The lowest BCUT2D eigenvalue weighted by molar-refractivity contribution is 0.0950. The minimum atomic E-state index is -0.325. The molecule has 3 aromatic rings. The highest BCUT2D eigenvalue weighted by molar-refractivity contribution is 5.94. The number of aromatic amines is 1. The van der Waals surface area contributed by atoms with Gasteiger partial charge in [-0.3, -0.25) is 9.89 Å². The van der Waals surface area contributed by atoms with Crippen LogP contribution in [0.5, 0.6) is 0 Å². The molecule has 1 amide bonds. The maximum Gasteiger partial charge on any atom is 0.289 e. The maximum atomic E-state index is 12.2. The molecule has 0 aliphatic heterocycles. The van der Waals surface area contributed by atoms with E-state index in [1.165, 1.54) is 11.1 Å². The third-order valence-corrected chi connectivity index (χ3v) is 4.17. The van der Waals surface area contributed by atoms with E-state index in [4.69, 9.17) is 0 Å². The van der Waals surface area contributed by atoms with E-state index < -0.39 is 0 Å². The molecular weight excluding hydrogens is 336 g/mol. The number of aryl methyl sites for hydroxylation is 1. The summed E-state index contributed by atoms with van der Waals surface area (Å²) in [6.07, 6.45) is 2.66. The third-order valence-electron chi connectivity index (χ3n) is 4.17. The van der Waals surface area contributed by atoms with Crippen LogP contribution in [0, 0.1) is 12.8 Å². The zero-order valence-corrected chi connectivity index (χ0v) is 15.9. The van der Waals surface area contributed by atoms with E-state index in [9.17, 15) is 4.79 Å². The van der Waals surface area contributed by atoms with Crippen LogP contribution >= 0.6 is 0 Å². The average molecular weight is 360 g/mol. The van der Waals surface area contributed by atoms with E-state index in [-0.39, 0.29) is 5.91 Å². The average Bonchev–Trinajstić information content (AvgIpc) is 3.14. The van der Waals surface area contributed by atoms with E-state index in [1.807, 2.05) is 43.3 Å². The molecule has 0 saturated heterocycles. The molecular formula is C22H24N4O. The molecule has 0 atom stereocenters. The Morgan fingerprint density at radius 1 is 1.15 bits per heavy atom. The van der Waals surface area contributed by atoms with Crippen LogP contribution in [0.1, 0.15) is 41.0 Å². The molecule has 1 aromatic heterocycles. The number of nitrogens with one attached hydrogen (secondary N) is 2. The van der Waals surface area contributed by atoms with Gasteiger partial charge in [0, 0.05) is 5.56 Å². The van der Waals surface area contributed by atoms with E-state index in [0.29, 0.717) is 11.6 Å². The lowest BCUT2D eigenvalue weighted by Gasteiger charge is -2.05. The van der Waals surface area contributed by atoms with E-state index in [0.717, 1.165) is 23.2 Å². The van der Waals surface area contributed by atoms with Crippen LogP contribution in [0.3, 0.4) is 0 Å². The Balaban J connectivity index is 1.62. The number of rotatable bonds is 6. The molecule has 2 N–H and O–H groups in total. The van der Waals surface area contributed by atoms with E-state index >= 15 is 0 Å². The second kappa shape index (κ2) is 8.45. The Morgan fingerprint density at radius 3 is 2.52 bits per heavy atom. The summed E-state index contributed by atoms with van der Waals surface area (Å²) >= 11 is 0. The summed E-state index contributed by atoms with van der Waals surface area (Å²) in [7, 11) is 0. The van der Waals surface area contributed by atoms with Crippen molar-refractivity contribution in [3.8, 4) is 11.3 Å². The van der Waals surface area contributed by atoms with Gasteiger partial charge in [-0.05, 0) is 36.5 Å². The summed E-state index contributed by atoms with van der Waals surface area (Å²) in [5.74, 6) is 0.297. The second-order valence-electron chi connectivity index (χ2n) is 7.07. The molecule has 0 aliphatic carbocycles. The smallest absolute Gasteiger partial charge is 0.272 e. The van der Waals surface area contributed by atoms with Gasteiger partial charge in [0.1, 0.15) is 5.69 Å². The Labute approximate surface area is 159 Å². The molecule has 1 heterocycles. The fraction of sp³-hybridized carbons (Fsp3) is 0.227. The number of hydrogen-bond donors (Lipinski definition) is 2. The number of benzene rings is 2. The lowest BCUT2D eigenvalue weighted by Crippen LogP contribution is -2.17. The lowest BCUT2D eigenvalue weighted by atomic mass is 10.0. The fourth-order valence-corrected chi connectivity index (χ4v) is 2.75. The van der Waals surface area contributed by atoms with E-state index in [2.05, 4.69) is 46.7 Å². The quantitative estimate of drug-likeness (QED) is 0.507. The van der Waals surface area contributed by atoms with Crippen molar-refractivity contribution in [2.45, 2.75) is 27.2 Å². The minimum absolute atomic E-state index is 0.325. The first-order chi connectivity index (χ1) is 13.0. The fourth-order valence-electron chi connectivity index (χ4n) is 2.75. The van der Waals surface area contributed by atoms with Crippen molar-refractivity contribution in [3.63, 3.8) is 0 Å². The van der Waals surface area contributed by atoms with Gasteiger partial charge in [-0.2, -0.15) is 10.2 Å². The summed E-state index contributed by atoms with van der Waals surface area (Å²) in [5.41, 5.74) is 8.00. The number of amides is 1. The van der Waals surface area contributed by atoms with Gasteiger partial charge in [0.15, 0.2) is 0 Å². The molecule has 0 radical (unpaired) electrons. The number of hydrazone groups is 1. The zero-order valence-electron chi connectivity index (χ0n) is 15.9. The van der Waals surface area contributed by atoms with Gasteiger partial charge in [0.25, 0.3) is 5.91 Å². The van der Waals surface area contributed by atoms with E-state index in [1.54, 1.807) is 12.3 Å². The molecule has 5 nitrogen and oxygen atoms in total. The molecule has 0 bridgehead atoms. The van der Waals surface area contributed by atoms with Crippen molar-refractivity contribution in [1.82, 2.24) is 15.6 Å². The second-order valence-corrected chi connectivity index (χ2v) is 7.07. The Morgan fingerprint density at radius 2 is 1.85 bits per heavy atom. The summed E-state index contributed by atoms with van der Waals surface area (Å²) in [5, 5.41) is 11.0. The number of H-pyrrole nitrogens is 1. The van der Waals surface area contributed by atoms with Crippen LogP contribution in [0.15, 0.2) is 59.7 Å². The van der Waals surface area contributed by atoms with Crippen molar-refractivity contribution >= 4 is 12.1 Å². The van der Waals surface area contributed by atoms with Gasteiger partial charge in [-0.1, -0.05) is 67.9 Å². The topological polar surface area (TPSA) is 70.1 Å². The molecule has 5 heteroatoms. The van der Waals surface area contributed by atoms with Crippen LogP contribution in [0.4, 0.5) is 0 Å². The highest BCUT2D eigenvalue weighted by Gasteiger charge is 2.10. The molecule has 0 saturated carbocycles. The number of nitrogens with zero attached hydrogens (tertiary/aromatic N) is 2. The summed E-state index contributed by atoms with van der Waals surface area (Å²) in [6.45, 7) is 6.43. The van der Waals surface area contributed by atoms with Gasteiger partial charge in [-0.15, -0.1) is 0 Å². The first-order valence-electron chi connectivity index (χ1n) is 9.06. The van der Waals surface area contributed by atoms with Gasteiger partial charge < -0.3 is 0 Å². The molecule has 138 valence electrons. The van der Waals surface area contributed by atoms with Gasteiger partial charge >= 0.3 is 0 Å². The van der Waals surface area contributed by atoms with Gasteiger partial charge in [0.05, 0.1) is 11.9 Å². The third kappa shape index (κ3) is 5.14. The van der Waals surface area contributed by atoms with Crippen molar-refractivity contribution < 1.29 is 4.79 Å². The van der Waals surface area contributed by atoms with Crippen LogP contribution in [-0.2, 0) is 6.42 Å². The van der Waals surface area contributed by atoms with Crippen LogP contribution in [-0.4, -0.2) is 22.3 Å². The SMILES string of the molecule is Cc1ccc(/C=N/NC(=O)c2cc(-c3ccc(CC(C)C)cc3)n[nH]2)cc1. The number of carbonyl (C=O) groups is 1. The number of hydrogen-bond acceptors (Lipinski definition) is 3. The van der Waals surface area contributed by atoms with Crippen LogP contribution in [0.25, 0.3) is 11.3 Å². The highest BCUT2D eigenvalue weighted by atomic mass is 16.2. The van der Waals surface area contributed by atoms with Gasteiger partial charge in [0.2, 0.25) is 0 Å². The molecule has 0 aliphatic rings. The standard InChI is InChI=1S/C22H24N4O/c1-15(2)12-17-8-10-19(11-9-17)20-13-21(25-24-20)22(27)26-23-14-18-6-4-16(3)5-7-18/h4-11,13-15H,12H2,1-3H3,(H,24,25)(H,26,27)/b23-14+. The summed E-state index contributed by atoms with van der Waals surface area (Å²) in [6, 6.07) is 17.9. The Hall–Kier alpha value is -3.21. The predicted octanol–water partition coefficient (Wildman–Crippen LogP) is 4.35. The summed E-state index contributed by atoms with van der Waals surface area (Å²) < 4.78 is 0. The molecule has 0 spiro atoms. The largest absolute Gasteiger partial charge is 0.289 e. The number of carbonyl (C=O) groups excluding carboxylic acids is 1. The normalized spacial score (nSPS) is 11.3. The number of aromatic nitrogens is 2. The van der Waals surface area contributed by atoms with Gasteiger partial charge in [-0.25, -0.2) is 5.43 Å². The monoisotopic (exact) mass is 360 g/mol. The maximum absolute atomic E-state index is 12.2. The molecule has 27 heavy (non-hydrogen) atoms. The molecule has 0 unspecified atom stereocenters. The van der Waals surface area contributed by atoms with Crippen LogP contribution in [0.2, 0.25) is 0 Å². The molecule has 2 aromatic carbocycles. The van der Waals surface area contributed by atoms with Crippen LogP contribution < -0.4 is 5.43 Å². The minimum Gasteiger partial charge on any atom is -0.272 e. The zero-order chi connectivity index (χ0) is 19.2. The Kier molecular flexibility index (Phi) is 5.81. The van der Waals surface area contributed by atoms with Crippen molar-refractivity contribution in [1.29, 1.82) is 0 Å². The first-order valence-corrected chi connectivity index (χ1v) is 9.06. The van der Waals surface area contributed by atoms with Crippen molar-refractivity contribution in [2.75, 3.05) is 0 Å². The first kappa shape index (κ1) is 18.6. The predicted molar refractivity (Wildman–Crippen MR) is 109 cm³/mol. The summed E-state index contributed by atoms with van der Waals surface area (Å²) in [4.78, 5) is 12.2.